The number of rotatable bonds is 4. The number of hydrogen-bond acceptors (Lipinski definition) is 8. The Hall–Kier alpha value is -4.14. The highest BCUT2D eigenvalue weighted by molar-refractivity contribution is 5.91. The number of nitrogen functional groups attached to an aromatic ring is 2. The van der Waals surface area contributed by atoms with Gasteiger partial charge in [0.05, 0.1) is 11.0 Å². The molecule has 2 aromatic heterocycles. The Bertz CT molecular complexity index is 1280. The Morgan fingerprint density at radius 1 is 0.533 bits per heavy atom. The predicted molar refractivity (Wildman–Crippen MR) is 119 cm³/mol. The molecule has 0 aliphatic heterocycles. The van der Waals surface area contributed by atoms with Crippen LogP contribution in [0.4, 0.5) is 11.6 Å². The van der Waals surface area contributed by atoms with Gasteiger partial charge in [-0.25, -0.2) is 31.6 Å². The van der Waals surface area contributed by atoms with Gasteiger partial charge in [-0.05, 0) is 30.3 Å². The minimum absolute atomic E-state index is 0.557. The maximum absolute atomic E-state index is 5.69. The highest BCUT2D eigenvalue weighted by Crippen LogP contribution is 2.29. The van der Waals surface area contributed by atoms with Crippen molar-refractivity contribution in [2.75, 3.05) is 10.9 Å². The first-order valence-corrected chi connectivity index (χ1v) is 9.34. The van der Waals surface area contributed by atoms with Crippen molar-refractivity contribution in [3.05, 3.63) is 72.8 Å². The summed E-state index contributed by atoms with van der Waals surface area (Å²) in [7, 11) is 0. The van der Waals surface area contributed by atoms with Crippen LogP contribution < -0.4 is 22.5 Å². The lowest BCUT2D eigenvalue weighted by Gasteiger charge is -2.10. The Morgan fingerprint density at radius 2 is 1.00 bits per heavy atom. The molecule has 0 aliphatic rings. The van der Waals surface area contributed by atoms with E-state index < -0.39 is 0 Å². The van der Waals surface area contributed by atoms with E-state index in [4.69, 9.17) is 21.7 Å². The number of nitrogens with one attached hydrogen (secondary N) is 2. The Labute approximate surface area is 172 Å². The van der Waals surface area contributed by atoms with E-state index in [0.717, 1.165) is 32.9 Å². The van der Waals surface area contributed by atoms with E-state index in [9.17, 15) is 0 Å². The van der Waals surface area contributed by atoms with Crippen LogP contribution in [-0.2, 0) is 0 Å². The van der Waals surface area contributed by atoms with Gasteiger partial charge in [-0.3, -0.25) is 0 Å². The van der Waals surface area contributed by atoms with E-state index in [1.165, 1.54) is 0 Å². The van der Waals surface area contributed by atoms with Crippen LogP contribution >= 0.6 is 0 Å². The summed E-state index contributed by atoms with van der Waals surface area (Å²) in [5.41, 5.74) is 8.59. The number of nitrogens with two attached hydrogens (primary N) is 2. The summed E-state index contributed by atoms with van der Waals surface area (Å²) in [6.07, 6.45) is 0. The van der Waals surface area contributed by atoms with Crippen LogP contribution in [0.1, 0.15) is 0 Å². The van der Waals surface area contributed by atoms with Gasteiger partial charge in [-0.1, -0.05) is 42.5 Å². The van der Waals surface area contributed by atoms with Gasteiger partial charge < -0.3 is 10.9 Å². The molecule has 5 rings (SSSR count). The van der Waals surface area contributed by atoms with E-state index in [1.54, 1.807) is 0 Å². The third kappa shape index (κ3) is 3.06. The molecule has 0 spiro atoms. The van der Waals surface area contributed by atoms with Crippen molar-refractivity contribution in [3.63, 3.8) is 0 Å². The number of hydrazine groups is 2. The van der Waals surface area contributed by atoms with Gasteiger partial charge in [0.2, 0.25) is 0 Å². The van der Waals surface area contributed by atoms with E-state index in [2.05, 4.69) is 20.8 Å². The monoisotopic (exact) mass is 394 g/mol. The first kappa shape index (κ1) is 17.9. The molecule has 0 radical (unpaired) electrons. The van der Waals surface area contributed by atoms with Gasteiger partial charge in [0.15, 0.2) is 23.3 Å². The molecule has 8 heteroatoms. The Balaban J connectivity index is 1.65. The molecule has 0 bridgehead atoms. The van der Waals surface area contributed by atoms with E-state index in [1.807, 2.05) is 72.8 Å². The molecule has 3 aromatic carbocycles. The van der Waals surface area contributed by atoms with Gasteiger partial charge in [-0.2, -0.15) is 0 Å². The number of para-hydroxylation sites is 2. The molecule has 5 aromatic rings. The molecule has 8 nitrogen and oxygen atoms in total. The highest BCUT2D eigenvalue weighted by atomic mass is 15.3. The molecule has 0 aliphatic carbocycles. The van der Waals surface area contributed by atoms with E-state index in [-0.39, 0.29) is 0 Å². The molecule has 0 fully saturated rings. The van der Waals surface area contributed by atoms with Crippen molar-refractivity contribution in [3.8, 4) is 22.8 Å². The summed E-state index contributed by atoms with van der Waals surface area (Å²) in [5.74, 6) is 13.6. The number of nitrogens with zero attached hydrogens (tertiary/aromatic N) is 4. The fourth-order valence-corrected chi connectivity index (χ4v) is 3.43. The average molecular weight is 394 g/mol. The zero-order valence-electron chi connectivity index (χ0n) is 15.9. The average Bonchev–Trinajstić information content (AvgIpc) is 2.82. The highest BCUT2D eigenvalue weighted by Gasteiger charge is 2.12. The van der Waals surface area contributed by atoms with Crippen molar-refractivity contribution in [2.24, 2.45) is 11.7 Å². The maximum atomic E-state index is 5.69. The van der Waals surface area contributed by atoms with Gasteiger partial charge in [0, 0.05) is 21.9 Å². The van der Waals surface area contributed by atoms with Crippen molar-refractivity contribution in [1.29, 1.82) is 0 Å². The van der Waals surface area contributed by atoms with Crippen LogP contribution in [0.2, 0.25) is 0 Å². The fourth-order valence-electron chi connectivity index (χ4n) is 3.43. The Kier molecular flexibility index (Phi) is 4.40. The van der Waals surface area contributed by atoms with Crippen LogP contribution in [0.5, 0.6) is 0 Å². The lowest BCUT2D eigenvalue weighted by atomic mass is 10.1. The van der Waals surface area contributed by atoms with Gasteiger partial charge in [0.25, 0.3) is 0 Å². The van der Waals surface area contributed by atoms with Crippen LogP contribution in [-0.4, -0.2) is 19.9 Å². The molecule has 146 valence electrons. The summed E-state index contributed by atoms with van der Waals surface area (Å²) < 4.78 is 0. The molecular weight excluding hydrogens is 376 g/mol. The number of fused-ring (bicyclic) bond motifs is 2. The number of benzene rings is 3. The lowest BCUT2D eigenvalue weighted by molar-refractivity contribution is 1.18. The van der Waals surface area contributed by atoms with Crippen molar-refractivity contribution < 1.29 is 0 Å². The standard InChI is InChI=1S/C22H18N8/c23-29-21-15-8-1-3-10-17(15)25-19(27-21)13-6-5-7-14(12-13)20-26-18-11-4-2-9-16(18)22(28-20)30-24/h1-12H,23-24H2,(H,25,27,29)(H,26,28,30). The third-order valence-corrected chi connectivity index (χ3v) is 4.86. The molecule has 30 heavy (non-hydrogen) atoms. The topological polar surface area (TPSA) is 128 Å². The molecule has 0 saturated heterocycles. The van der Waals surface area contributed by atoms with Crippen molar-refractivity contribution in [2.45, 2.75) is 0 Å². The zero-order valence-corrected chi connectivity index (χ0v) is 15.9. The van der Waals surface area contributed by atoms with Gasteiger partial charge >= 0.3 is 0 Å². The summed E-state index contributed by atoms with van der Waals surface area (Å²) in [6.45, 7) is 0. The second-order valence-electron chi connectivity index (χ2n) is 6.70. The summed E-state index contributed by atoms with van der Waals surface area (Å²) in [4.78, 5) is 18.6. The summed E-state index contributed by atoms with van der Waals surface area (Å²) in [6, 6.07) is 23.2. The van der Waals surface area contributed by atoms with E-state index in [0.29, 0.717) is 23.3 Å². The number of anilines is 2. The normalized spacial score (nSPS) is 11.0. The smallest absolute Gasteiger partial charge is 0.162 e. The zero-order chi connectivity index (χ0) is 20.5. The molecule has 0 atom stereocenters. The maximum Gasteiger partial charge on any atom is 0.162 e. The Morgan fingerprint density at radius 3 is 1.47 bits per heavy atom. The SMILES string of the molecule is NNc1nc(-c2cccc(-c3nc(NN)c4ccccc4n3)c2)nc2ccccc12. The fraction of sp³-hybridized carbons (Fsp3) is 0. The summed E-state index contributed by atoms with van der Waals surface area (Å²) in [5, 5.41) is 1.72. The minimum Gasteiger partial charge on any atom is -0.308 e. The first-order chi connectivity index (χ1) is 14.8. The van der Waals surface area contributed by atoms with Crippen LogP contribution in [0.3, 0.4) is 0 Å². The second-order valence-corrected chi connectivity index (χ2v) is 6.70. The quantitative estimate of drug-likeness (QED) is 0.269. The minimum atomic E-state index is 0.557. The molecule has 2 heterocycles. The molecule has 0 saturated carbocycles. The third-order valence-electron chi connectivity index (χ3n) is 4.86. The van der Waals surface area contributed by atoms with Crippen LogP contribution in [0.15, 0.2) is 72.8 Å². The van der Waals surface area contributed by atoms with Crippen LogP contribution in [0, 0.1) is 0 Å². The molecule has 0 amide bonds. The molecular formula is C22H18N8. The van der Waals surface area contributed by atoms with Crippen LogP contribution in [0.25, 0.3) is 44.6 Å². The van der Waals surface area contributed by atoms with Crippen molar-refractivity contribution >= 4 is 33.4 Å². The van der Waals surface area contributed by atoms with E-state index >= 15 is 0 Å². The number of aromatic nitrogens is 4. The van der Waals surface area contributed by atoms with Gasteiger partial charge in [0.1, 0.15) is 0 Å². The molecule has 0 unspecified atom stereocenters. The van der Waals surface area contributed by atoms with Crippen molar-refractivity contribution in [1.82, 2.24) is 19.9 Å². The van der Waals surface area contributed by atoms with Gasteiger partial charge in [-0.15, -0.1) is 0 Å². The second kappa shape index (κ2) is 7.36. The molecule has 6 N–H and O–H groups in total. The largest absolute Gasteiger partial charge is 0.308 e. The summed E-state index contributed by atoms with van der Waals surface area (Å²) >= 11 is 0. The first-order valence-electron chi connectivity index (χ1n) is 9.34. The predicted octanol–water partition coefficient (Wildman–Crippen LogP) is 3.48. The lowest BCUT2D eigenvalue weighted by Crippen LogP contribution is -2.10. The number of hydrogen-bond donors (Lipinski definition) is 4.